The van der Waals surface area contributed by atoms with Gasteiger partial charge in [-0.05, 0) is 38.1 Å². The summed E-state index contributed by atoms with van der Waals surface area (Å²) in [5.74, 6) is 0.0263. The van der Waals surface area contributed by atoms with E-state index < -0.39 is 0 Å². The van der Waals surface area contributed by atoms with E-state index in [4.69, 9.17) is 0 Å². The number of hydrogen-bond donors (Lipinski definition) is 1. The highest BCUT2D eigenvalue weighted by Gasteiger charge is 2.18. The number of aryl methyl sites for hydroxylation is 1. The van der Waals surface area contributed by atoms with Crippen molar-refractivity contribution in [3.05, 3.63) is 60.6 Å². The summed E-state index contributed by atoms with van der Waals surface area (Å²) in [6.45, 7) is 1.98. The molecule has 1 aliphatic rings. The summed E-state index contributed by atoms with van der Waals surface area (Å²) >= 11 is 0. The molecule has 1 N–H and O–H groups in total. The van der Waals surface area contributed by atoms with Crippen molar-refractivity contribution in [1.82, 2.24) is 34.8 Å². The smallest absolute Gasteiger partial charge is 0.171 e. The number of pyridine rings is 2. The standard InChI is InChI=1S/C22H23N7O/c1-28-13-17(10-26-28)16-6-15-7-19(24-12-21(15)25-9-16)8-22(30)18-11-27-29(14-18)20-2-4-23-5-3-20/h6-7,9-14,20,23H,2-5,8H2,1H3. The second-order valence-corrected chi connectivity index (χ2v) is 7.79. The Bertz CT molecular complexity index is 1200. The highest BCUT2D eigenvalue weighted by atomic mass is 16.1. The highest BCUT2D eigenvalue weighted by Crippen LogP contribution is 2.23. The number of nitrogens with one attached hydrogen (secondary N) is 1. The quantitative estimate of drug-likeness (QED) is 0.517. The molecule has 0 aromatic carbocycles. The lowest BCUT2D eigenvalue weighted by Gasteiger charge is -2.22. The summed E-state index contributed by atoms with van der Waals surface area (Å²) in [6, 6.07) is 4.37. The third-order valence-corrected chi connectivity index (χ3v) is 5.61. The van der Waals surface area contributed by atoms with Gasteiger partial charge in [-0.3, -0.25) is 24.1 Å². The van der Waals surface area contributed by atoms with Crippen molar-refractivity contribution in [2.24, 2.45) is 7.05 Å². The van der Waals surface area contributed by atoms with E-state index in [2.05, 4.69) is 31.5 Å². The fourth-order valence-electron chi connectivity index (χ4n) is 3.92. The van der Waals surface area contributed by atoms with Crippen LogP contribution < -0.4 is 5.32 Å². The number of hydrogen-bond acceptors (Lipinski definition) is 6. The first-order valence-electron chi connectivity index (χ1n) is 10.2. The van der Waals surface area contributed by atoms with Gasteiger partial charge >= 0.3 is 0 Å². The molecular formula is C22H23N7O. The summed E-state index contributed by atoms with van der Waals surface area (Å²) in [4.78, 5) is 21.7. The highest BCUT2D eigenvalue weighted by molar-refractivity contribution is 5.97. The van der Waals surface area contributed by atoms with E-state index in [-0.39, 0.29) is 12.2 Å². The number of carbonyl (C=O) groups is 1. The summed E-state index contributed by atoms with van der Waals surface area (Å²) in [7, 11) is 1.89. The first-order chi connectivity index (χ1) is 14.7. The van der Waals surface area contributed by atoms with Gasteiger partial charge in [0.25, 0.3) is 0 Å². The van der Waals surface area contributed by atoms with Gasteiger partial charge in [0.05, 0.1) is 42.1 Å². The first-order valence-corrected chi connectivity index (χ1v) is 10.2. The molecule has 0 amide bonds. The number of fused-ring (bicyclic) bond motifs is 1. The molecule has 0 spiro atoms. The first kappa shape index (κ1) is 18.6. The maximum absolute atomic E-state index is 12.8. The Morgan fingerprint density at radius 3 is 2.70 bits per heavy atom. The van der Waals surface area contributed by atoms with Crippen LogP contribution in [0.4, 0.5) is 0 Å². The van der Waals surface area contributed by atoms with E-state index in [1.807, 2.05) is 42.6 Å². The molecule has 0 aliphatic carbocycles. The van der Waals surface area contributed by atoms with Gasteiger partial charge in [0.1, 0.15) is 0 Å². The van der Waals surface area contributed by atoms with Gasteiger partial charge in [-0.15, -0.1) is 0 Å². The lowest BCUT2D eigenvalue weighted by atomic mass is 10.1. The van der Waals surface area contributed by atoms with Crippen molar-refractivity contribution in [2.45, 2.75) is 25.3 Å². The third-order valence-electron chi connectivity index (χ3n) is 5.61. The van der Waals surface area contributed by atoms with E-state index >= 15 is 0 Å². The maximum atomic E-state index is 12.8. The Morgan fingerprint density at radius 1 is 1.03 bits per heavy atom. The zero-order chi connectivity index (χ0) is 20.5. The van der Waals surface area contributed by atoms with Crippen LogP contribution in [0.2, 0.25) is 0 Å². The minimum Gasteiger partial charge on any atom is -0.317 e. The normalized spacial score (nSPS) is 15.0. The number of nitrogens with zero attached hydrogens (tertiary/aromatic N) is 6. The molecule has 0 radical (unpaired) electrons. The molecule has 1 saturated heterocycles. The SMILES string of the molecule is Cn1cc(-c2cnc3cnc(CC(=O)c4cnn(C5CCNCC5)c4)cc3c2)cn1. The Kier molecular flexibility index (Phi) is 4.84. The molecule has 4 aromatic heterocycles. The number of ketones is 1. The predicted molar refractivity (Wildman–Crippen MR) is 113 cm³/mol. The van der Waals surface area contributed by atoms with Crippen LogP contribution in [0.15, 0.2) is 49.3 Å². The van der Waals surface area contributed by atoms with Crippen molar-refractivity contribution in [2.75, 3.05) is 13.1 Å². The lowest BCUT2D eigenvalue weighted by molar-refractivity contribution is 0.0992. The monoisotopic (exact) mass is 401 g/mol. The molecule has 30 heavy (non-hydrogen) atoms. The second kappa shape index (κ2) is 7.79. The molecule has 5 heterocycles. The topological polar surface area (TPSA) is 90.5 Å². The molecule has 1 aliphatic heterocycles. The summed E-state index contributed by atoms with van der Waals surface area (Å²) in [5, 5.41) is 13.0. The molecule has 0 unspecified atom stereocenters. The minimum absolute atomic E-state index is 0.0263. The lowest BCUT2D eigenvalue weighted by Crippen LogP contribution is -2.29. The largest absolute Gasteiger partial charge is 0.317 e. The third kappa shape index (κ3) is 3.73. The molecule has 0 saturated carbocycles. The number of carbonyl (C=O) groups excluding carboxylic acids is 1. The molecule has 0 atom stereocenters. The molecule has 8 nitrogen and oxygen atoms in total. The van der Waals surface area contributed by atoms with Crippen LogP contribution in [-0.4, -0.2) is 48.4 Å². The number of aromatic nitrogens is 6. The van der Waals surface area contributed by atoms with Gasteiger partial charge in [0.15, 0.2) is 5.78 Å². The summed E-state index contributed by atoms with van der Waals surface area (Å²) in [6.07, 6.45) is 13.2. The van der Waals surface area contributed by atoms with E-state index in [1.54, 1.807) is 17.1 Å². The number of rotatable bonds is 5. The maximum Gasteiger partial charge on any atom is 0.171 e. The predicted octanol–water partition coefficient (Wildman–Crippen LogP) is 2.58. The van der Waals surface area contributed by atoms with Crippen molar-refractivity contribution < 1.29 is 4.79 Å². The van der Waals surface area contributed by atoms with Crippen LogP contribution in [0, 0.1) is 0 Å². The van der Waals surface area contributed by atoms with Gasteiger partial charge in [0.2, 0.25) is 0 Å². The van der Waals surface area contributed by atoms with Gasteiger partial charge < -0.3 is 5.32 Å². The van der Waals surface area contributed by atoms with Crippen LogP contribution in [0.5, 0.6) is 0 Å². The summed E-state index contributed by atoms with van der Waals surface area (Å²) in [5.41, 5.74) is 4.16. The van der Waals surface area contributed by atoms with Crippen molar-refractivity contribution in [3.63, 3.8) is 0 Å². The van der Waals surface area contributed by atoms with Crippen molar-refractivity contribution in [3.8, 4) is 11.1 Å². The minimum atomic E-state index is 0.0263. The van der Waals surface area contributed by atoms with Gasteiger partial charge in [-0.1, -0.05) is 0 Å². The zero-order valence-corrected chi connectivity index (χ0v) is 16.8. The molecule has 152 valence electrons. The van der Waals surface area contributed by atoms with Crippen molar-refractivity contribution >= 4 is 16.7 Å². The van der Waals surface area contributed by atoms with E-state index in [0.717, 1.165) is 53.7 Å². The summed E-state index contributed by atoms with van der Waals surface area (Å²) < 4.78 is 3.70. The molecular weight excluding hydrogens is 378 g/mol. The zero-order valence-electron chi connectivity index (χ0n) is 16.8. The Morgan fingerprint density at radius 2 is 1.90 bits per heavy atom. The van der Waals surface area contributed by atoms with Crippen LogP contribution in [0.25, 0.3) is 22.0 Å². The second-order valence-electron chi connectivity index (χ2n) is 7.79. The van der Waals surface area contributed by atoms with Gasteiger partial charge in [-0.2, -0.15) is 10.2 Å². The molecule has 0 bridgehead atoms. The van der Waals surface area contributed by atoms with Crippen LogP contribution in [0.1, 0.15) is 34.9 Å². The Hall–Kier alpha value is -3.39. The molecule has 1 fully saturated rings. The Labute approximate surface area is 174 Å². The average molecular weight is 401 g/mol. The van der Waals surface area contributed by atoms with Gasteiger partial charge in [-0.25, -0.2) is 0 Å². The van der Waals surface area contributed by atoms with Crippen LogP contribution >= 0.6 is 0 Å². The van der Waals surface area contributed by atoms with Crippen LogP contribution in [-0.2, 0) is 13.5 Å². The van der Waals surface area contributed by atoms with Crippen molar-refractivity contribution in [1.29, 1.82) is 0 Å². The molecule has 5 rings (SSSR count). The molecule has 4 aromatic rings. The molecule has 8 heteroatoms. The van der Waals surface area contributed by atoms with E-state index in [1.165, 1.54) is 0 Å². The number of Topliss-reactive ketones (excluding diaryl/α,β-unsaturated/α-hetero) is 1. The Balaban J connectivity index is 1.35. The fraction of sp³-hybridized carbons (Fsp3) is 0.318. The van der Waals surface area contributed by atoms with E-state index in [9.17, 15) is 4.79 Å². The number of piperidine rings is 1. The average Bonchev–Trinajstić information content (AvgIpc) is 3.43. The van der Waals surface area contributed by atoms with Gasteiger partial charge in [0, 0.05) is 47.8 Å². The van der Waals surface area contributed by atoms with E-state index in [0.29, 0.717) is 11.6 Å². The fourth-order valence-corrected chi connectivity index (χ4v) is 3.92. The van der Waals surface area contributed by atoms with Crippen LogP contribution in [0.3, 0.4) is 0 Å².